The summed E-state index contributed by atoms with van der Waals surface area (Å²) in [6, 6.07) is 11.6. The van der Waals surface area contributed by atoms with E-state index in [0.29, 0.717) is 12.1 Å². The SMILES string of the molecule is CC1CN(Cc2cnc(-c3ccccc3)s2)C(C)CN1. The van der Waals surface area contributed by atoms with E-state index >= 15 is 0 Å². The molecule has 3 rings (SSSR count). The lowest BCUT2D eigenvalue weighted by Crippen LogP contribution is -2.53. The second-order valence-corrected chi connectivity index (χ2v) is 6.70. The Bertz CT molecular complexity index is 552. The van der Waals surface area contributed by atoms with E-state index in [2.05, 4.69) is 53.3 Å². The number of nitrogens with zero attached hydrogens (tertiary/aromatic N) is 2. The first-order valence-electron chi connectivity index (χ1n) is 7.20. The van der Waals surface area contributed by atoms with Gasteiger partial charge in [-0.3, -0.25) is 4.90 Å². The third-order valence-corrected chi connectivity index (χ3v) is 4.86. The Balaban J connectivity index is 1.71. The quantitative estimate of drug-likeness (QED) is 0.940. The number of rotatable bonds is 3. The Hall–Kier alpha value is -1.23. The fourth-order valence-electron chi connectivity index (χ4n) is 2.61. The number of benzene rings is 1. The van der Waals surface area contributed by atoms with Crippen molar-refractivity contribution in [3.63, 3.8) is 0 Å². The average Bonchev–Trinajstić information content (AvgIpc) is 2.92. The van der Waals surface area contributed by atoms with Crippen molar-refractivity contribution in [3.05, 3.63) is 41.4 Å². The Morgan fingerprint density at radius 3 is 2.90 bits per heavy atom. The van der Waals surface area contributed by atoms with Gasteiger partial charge in [-0.25, -0.2) is 4.98 Å². The van der Waals surface area contributed by atoms with Crippen molar-refractivity contribution in [3.8, 4) is 10.6 Å². The Labute approximate surface area is 124 Å². The van der Waals surface area contributed by atoms with Gasteiger partial charge in [-0.1, -0.05) is 30.3 Å². The molecular formula is C16H21N3S. The van der Waals surface area contributed by atoms with Crippen molar-refractivity contribution in [1.82, 2.24) is 15.2 Å². The molecule has 1 fully saturated rings. The minimum atomic E-state index is 0.577. The molecule has 0 aliphatic carbocycles. The molecule has 0 spiro atoms. The second-order valence-electron chi connectivity index (χ2n) is 5.59. The molecule has 1 aromatic carbocycles. The third-order valence-electron chi connectivity index (χ3n) is 3.83. The lowest BCUT2D eigenvalue weighted by atomic mass is 10.1. The van der Waals surface area contributed by atoms with Gasteiger partial charge in [-0.15, -0.1) is 11.3 Å². The molecule has 1 aliphatic rings. The highest BCUT2D eigenvalue weighted by atomic mass is 32.1. The largest absolute Gasteiger partial charge is 0.311 e. The molecule has 0 saturated carbocycles. The highest BCUT2D eigenvalue weighted by molar-refractivity contribution is 7.15. The summed E-state index contributed by atoms with van der Waals surface area (Å²) in [7, 11) is 0. The molecule has 0 radical (unpaired) electrons. The number of piperazine rings is 1. The van der Waals surface area contributed by atoms with Gasteiger partial charge in [0, 0.05) is 48.4 Å². The first-order valence-corrected chi connectivity index (χ1v) is 8.01. The lowest BCUT2D eigenvalue weighted by molar-refractivity contribution is 0.140. The first-order chi connectivity index (χ1) is 9.72. The van der Waals surface area contributed by atoms with E-state index in [9.17, 15) is 0 Å². The molecule has 0 bridgehead atoms. The van der Waals surface area contributed by atoms with Crippen LogP contribution < -0.4 is 5.32 Å². The Morgan fingerprint density at radius 2 is 2.10 bits per heavy atom. The number of nitrogens with one attached hydrogen (secondary N) is 1. The summed E-state index contributed by atoms with van der Waals surface area (Å²) in [5.74, 6) is 0. The summed E-state index contributed by atoms with van der Waals surface area (Å²) in [6.07, 6.45) is 2.03. The summed E-state index contributed by atoms with van der Waals surface area (Å²) in [6.45, 7) is 7.74. The van der Waals surface area contributed by atoms with E-state index in [1.54, 1.807) is 0 Å². The standard InChI is InChI=1S/C16H21N3S/c1-12-10-19(13(2)8-17-12)11-15-9-18-16(20-15)14-6-4-3-5-7-14/h3-7,9,12-13,17H,8,10-11H2,1-2H3. The highest BCUT2D eigenvalue weighted by Crippen LogP contribution is 2.26. The van der Waals surface area contributed by atoms with Crippen molar-refractivity contribution >= 4 is 11.3 Å². The third kappa shape index (κ3) is 3.08. The zero-order valence-electron chi connectivity index (χ0n) is 12.0. The summed E-state index contributed by atoms with van der Waals surface area (Å²) in [5.41, 5.74) is 1.21. The van der Waals surface area contributed by atoms with Crippen LogP contribution in [0.15, 0.2) is 36.5 Å². The van der Waals surface area contributed by atoms with E-state index < -0.39 is 0 Å². The van der Waals surface area contributed by atoms with Gasteiger partial charge in [0.2, 0.25) is 0 Å². The molecule has 106 valence electrons. The lowest BCUT2D eigenvalue weighted by Gasteiger charge is -2.37. The molecule has 2 unspecified atom stereocenters. The van der Waals surface area contributed by atoms with Gasteiger partial charge in [0.25, 0.3) is 0 Å². The summed E-state index contributed by atoms with van der Waals surface area (Å²) in [4.78, 5) is 8.47. The summed E-state index contributed by atoms with van der Waals surface area (Å²) < 4.78 is 0. The topological polar surface area (TPSA) is 28.2 Å². The molecule has 2 aromatic rings. The van der Waals surface area contributed by atoms with Crippen LogP contribution in [0.2, 0.25) is 0 Å². The average molecular weight is 287 g/mol. The molecule has 0 amide bonds. The van der Waals surface area contributed by atoms with Crippen LogP contribution >= 0.6 is 11.3 Å². The molecule has 1 aromatic heterocycles. The maximum absolute atomic E-state index is 4.57. The zero-order valence-corrected chi connectivity index (χ0v) is 12.9. The van der Waals surface area contributed by atoms with Crippen LogP contribution in [-0.2, 0) is 6.54 Å². The maximum Gasteiger partial charge on any atom is 0.123 e. The van der Waals surface area contributed by atoms with E-state index in [1.165, 1.54) is 10.4 Å². The number of aromatic nitrogens is 1. The van der Waals surface area contributed by atoms with Gasteiger partial charge < -0.3 is 5.32 Å². The Kier molecular flexibility index (Phi) is 4.15. The van der Waals surface area contributed by atoms with Gasteiger partial charge >= 0.3 is 0 Å². The van der Waals surface area contributed by atoms with Crippen molar-refractivity contribution in [2.45, 2.75) is 32.5 Å². The van der Waals surface area contributed by atoms with E-state index in [4.69, 9.17) is 0 Å². The van der Waals surface area contributed by atoms with Gasteiger partial charge in [-0.05, 0) is 13.8 Å². The predicted octanol–water partition coefficient (Wildman–Crippen LogP) is 2.99. The van der Waals surface area contributed by atoms with Crippen molar-refractivity contribution < 1.29 is 0 Å². The van der Waals surface area contributed by atoms with Gasteiger partial charge in [-0.2, -0.15) is 0 Å². The molecular weight excluding hydrogens is 266 g/mol. The van der Waals surface area contributed by atoms with Crippen LogP contribution in [0.1, 0.15) is 18.7 Å². The Morgan fingerprint density at radius 1 is 1.30 bits per heavy atom. The molecule has 2 heterocycles. The first kappa shape index (κ1) is 13.7. The molecule has 4 heteroatoms. The number of hydrogen-bond acceptors (Lipinski definition) is 4. The van der Waals surface area contributed by atoms with Crippen LogP contribution in [0, 0.1) is 0 Å². The van der Waals surface area contributed by atoms with Crippen LogP contribution in [0.4, 0.5) is 0 Å². The maximum atomic E-state index is 4.57. The molecule has 1 aliphatic heterocycles. The van der Waals surface area contributed by atoms with E-state index in [-0.39, 0.29) is 0 Å². The number of thiazole rings is 1. The van der Waals surface area contributed by atoms with Crippen molar-refractivity contribution in [1.29, 1.82) is 0 Å². The molecule has 20 heavy (non-hydrogen) atoms. The van der Waals surface area contributed by atoms with Crippen LogP contribution in [0.25, 0.3) is 10.6 Å². The molecule has 2 atom stereocenters. The monoisotopic (exact) mass is 287 g/mol. The van der Waals surface area contributed by atoms with Gasteiger partial charge in [0.1, 0.15) is 5.01 Å². The predicted molar refractivity (Wildman–Crippen MR) is 84.9 cm³/mol. The van der Waals surface area contributed by atoms with Crippen LogP contribution in [-0.4, -0.2) is 35.1 Å². The fraction of sp³-hybridized carbons (Fsp3) is 0.438. The van der Waals surface area contributed by atoms with Crippen molar-refractivity contribution in [2.75, 3.05) is 13.1 Å². The van der Waals surface area contributed by atoms with E-state index in [1.807, 2.05) is 23.6 Å². The van der Waals surface area contributed by atoms with Gasteiger partial charge in [0.15, 0.2) is 0 Å². The minimum absolute atomic E-state index is 0.577. The van der Waals surface area contributed by atoms with Crippen LogP contribution in [0.3, 0.4) is 0 Å². The highest BCUT2D eigenvalue weighted by Gasteiger charge is 2.22. The molecule has 1 N–H and O–H groups in total. The second kappa shape index (κ2) is 6.04. The molecule has 3 nitrogen and oxygen atoms in total. The van der Waals surface area contributed by atoms with Gasteiger partial charge in [0.05, 0.1) is 0 Å². The van der Waals surface area contributed by atoms with Crippen LogP contribution in [0.5, 0.6) is 0 Å². The smallest absolute Gasteiger partial charge is 0.123 e. The van der Waals surface area contributed by atoms with E-state index in [0.717, 1.165) is 24.6 Å². The van der Waals surface area contributed by atoms with Crippen molar-refractivity contribution in [2.24, 2.45) is 0 Å². The molecule has 1 saturated heterocycles. The fourth-order valence-corrected chi connectivity index (χ4v) is 3.56. The minimum Gasteiger partial charge on any atom is -0.311 e. The zero-order chi connectivity index (χ0) is 13.9. The summed E-state index contributed by atoms with van der Waals surface area (Å²) in [5, 5.41) is 4.65. The number of hydrogen-bond donors (Lipinski definition) is 1. The normalized spacial score (nSPS) is 23.9. The summed E-state index contributed by atoms with van der Waals surface area (Å²) >= 11 is 1.81.